The molecule has 1 heterocycles. The Morgan fingerprint density at radius 3 is 2.54 bits per heavy atom. The highest BCUT2D eigenvalue weighted by Crippen LogP contribution is 2.22. The first-order valence-electron chi connectivity index (χ1n) is 8.69. The smallest absolute Gasteiger partial charge is 0.410 e. The fraction of sp³-hybridized carbons (Fsp3) is 0.579. The maximum atomic E-state index is 12.3. The second kappa shape index (κ2) is 8.39. The van der Waals surface area contributed by atoms with Crippen molar-refractivity contribution in [3.05, 3.63) is 33.8 Å². The lowest BCUT2D eigenvalue weighted by Crippen LogP contribution is -2.54. The fourth-order valence-corrected chi connectivity index (χ4v) is 3.29. The lowest BCUT2D eigenvalue weighted by atomic mass is 10.1. The molecule has 7 heteroatoms. The highest BCUT2D eigenvalue weighted by atomic mass is 79.9. The van der Waals surface area contributed by atoms with Crippen LogP contribution in [0.4, 0.5) is 4.79 Å². The zero-order chi connectivity index (χ0) is 19.5. The molecule has 1 aromatic carbocycles. The molecular formula is C19H27BrN2O4. The van der Waals surface area contributed by atoms with Crippen LogP contribution in [0.1, 0.15) is 43.6 Å². The second-order valence-corrected chi connectivity index (χ2v) is 8.45. The van der Waals surface area contributed by atoms with E-state index in [0.29, 0.717) is 25.2 Å². The summed E-state index contributed by atoms with van der Waals surface area (Å²) < 4.78 is 11.2. The molecule has 6 nitrogen and oxygen atoms in total. The largest absolute Gasteiger partial charge is 0.465 e. The van der Waals surface area contributed by atoms with Gasteiger partial charge in [-0.3, -0.25) is 4.90 Å². The Labute approximate surface area is 163 Å². The van der Waals surface area contributed by atoms with Gasteiger partial charge < -0.3 is 14.4 Å². The van der Waals surface area contributed by atoms with Crippen molar-refractivity contribution in [2.75, 3.05) is 26.7 Å². The molecule has 1 saturated heterocycles. The first-order valence-corrected chi connectivity index (χ1v) is 9.48. The van der Waals surface area contributed by atoms with Crippen molar-refractivity contribution in [3.8, 4) is 0 Å². The van der Waals surface area contributed by atoms with Crippen molar-refractivity contribution >= 4 is 28.0 Å². The summed E-state index contributed by atoms with van der Waals surface area (Å²) >= 11 is 3.40. The molecule has 1 aliphatic heterocycles. The number of hydrogen-bond donors (Lipinski definition) is 0. The van der Waals surface area contributed by atoms with Crippen LogP contribution in [0.15, 0.2) is 22.7 Å². The van der Waals surface area contributed by atoms with Gasteiger partial charge in [-0.1, -0.05) is 22.0 Å². The molecule has 1 amide bonds. The van der Waals surface area contributed by atoms with E-state index in [2.05, 4.69) is 27.8 Å². The number of nitrogens with zero attached hydrogens (tertiary/aromatic N) is 2. The van der Waals surface area contributed by atoms with Crippen LogP contribution < -0.4 is 0 Å². The Balaban J connectivity index is 2.05. The minimum Gasteiger partial charge on any atom is -0.465 e. The van der Waals surface area contributed by atoms with Crippen LogP contribution >= 0.6 is 15.9 Å². The lowest BCUT2D eigenvalue weighted by Gasteiger charge is -2.40. The minimum atomic E-state index is -0.496. The van der Waals surface area contributed by atoms with Crippen molar-refractivity contribution in [3.63, 3.8) is 0 Å². The summed E-state index contributed by atoms with van der Waals surface area (Å²) in [6.07, 6.45) is -0.275. The van der Waals surface area contributed by atoms with Gasteiger partial charge >= 0.3 is 12.1 Å². The Hall–Kier alpha value is -1.60. The van der Waals surface area contributed by atoms with Crippen LogP contribution in [0.3, 0.4) is 0 Å². The standard InChI is InChI=1S/C19H27BrN2O4/c1-13-11-22(18(24)26-19(2,3)4)9-8-21(13)12-14-6-7-15(20)10-16(14)17(23)25-5/h6-7,10,13H,8-9,11-12H2,1-5H3. The van der Waals surface area contributed by atoms with Crippen molar-refractivity contribution in [2.24, 2.45) is 0 Å². The van der Waals surface area contributed by atoms with Crippen LogP contribution in [0.5, 0.6) is 0 Å². The molecule has 0 radical (unpaired) electrons. The molecule has 0 aromatic heterocycles. The molecule has 0 spiro atoms. The number of ether oxygens (including phenoxy) is 2. The average Bonchev–Trinajstić information content (AvgIpc) is 2.55. The molecule has 144 valence electrons. The number of halogens is 1. The third kappa shape index (κ3) is 5.45. The second-order valence-electron chi connectivity index (χ2n) is 7.54. The monoisotopic (exact) mass is 426 g/mol. The fourth-order valence-electron chi connectivity index (χ4n) is 2.93. The number of rotatable bonds is 3. The molecule has 26 heavy (non-hydrogen) atoms. The molecule has 1 atom stereocenters. The SMILES string of the molecule is COC(=O)c1cc(Br)ccc1CN1CCN(C(=O)OC(C)(C)C)CC1C. The van der Waals surface area contributed by atoms with Gasteiger partial charge in [-0.05, 0) is 45.4 Å². The van der Waals surface area contributed by atoms with Gasteiger partial charge in [0.15, 0.2) is 0 Å². The molecule has 1 aromatic rings. The Bertz CT molecular complexity index is 672. The number of carbonyl (C=O) groups is 2. The van der Waals surface area contributed by atoms with Gasteiger partial charge in [0.1, 0.15) is 5.60 Å². The van der Waals surface area contributed by atoms with E-state index in [4.69, 9.17) is 9.47 Å². The maximum absolute atomic E-state index is 12.3. The molecular weight excluding hydrogens is 400 g/mol. The van der Waals surface area contributed by atoms with Crippen molar-refractivity contribution in [1.29, 1.82) is 0 Å². The van der Waals surface area contributed by atoms with Gasteiger partial charge in [0.2, 0.25) is 0 Å². The van der Waals surface area contributed by atoms with Crippen LogP contribution in [0, 0.1) is 0 Å². The van der Waals surface area contributed by atoms with Crippen LogP contribution in [0.25, 0.3) is 0 Å². The average molecular weight is 427 g/mol. The predicted molar refractivity (Wildman–Crippen MR) is 103 cm³/mol. The number of esters is 1. The summed E-state index contributed by atoms with van der Waals surface area (Å²) in [4.78, 5) is 28.3. The summed E-state index contributed by atoms with van der Waals surface area (Å²) in [6.45, 7) is 10.2. The quantitative estimate of drug-likeness (QED) is 0.689. The summed E-state index contributed by atoms with van der Waals surface area (Å²) in [5.74, 6) is -0.346. The highest BCUT2D eigenvalue weighted by molar-refractivity contribution is 9.10. The Kier molecular flexibility index (Phi) is 6.69. The number of piperazine rings is 1. The topological polar surface area (TPSA) is 59.1 Å². The Morgan fingerprint density at radius 2 is 1.96 bits per heavy atom. The lowest BCUT2D eigenvalue weighted by molar-refractivity contribution is 0.00458. The van der Waals surface area contributed by atoms with Gasteiger partial charge in [-0.25, -0.2) is 9.59 Å². The summed E-state index contributed by atoms with van der Waals surface area (Å²) in [7, 11) is 1.38. The minimum absolute atomic E-state index is 0.158. The van der Waals surface area contributed by atoms with Crippen LogP contribution in [-0.2, 0) is 16.0 Å². The van der Waals surface area contributed by atoms with Gasteiger partial charge in [-0.2, -0.15) is 0 Å². The molecule has 0 saturated carbocycles. The zero-order valence-electron chi connectivity index (χ0n) is 16.0. The third-order valence-electron chi connectivity index (χ3n) is 4.27. The first kappa shape index (κ1) is 20.7. The molecule has 0 bridgehead atoms. The molecule has 2 rings (SSSR count). The van der Waals surface area contributed by atoms with Crippen LogP contribution in [0.2, 0.25) is 0 Å². The molecule has 1 fully saturated rings. The van der Waals surface area contributed by atoms with E-state index in [9.17, 15) is 9.59 Å². The van der Waals surface area contributed by atoms with Crippen molar-refractivity contribution in [2.45, 2.75) is 45.9 Å². The summed E-state index contributed by atoms with van der Waals surface area (Å²) in [6, 6.07) is 5.79. The molecule has 0 aliphatic carbocycles. The third-order valence-corrected chi connectivity index (χ3v) is 4.76. The highest BCUT2D eigenvalue weighted by Gasteiger charge is 2.30. The van der Waals surface area contributed by atoms with E-state index in [-0.39, 0.29) is 18.1 Å². The Morgan fingerprint density at radius 1 is 1.27 bits per heavy atom. The van der Waals surface area contributed by atoms with E-state index in [1.165, 1.54) is 7.11 Å². The number of hydrogen-bond acceptors (Lipinski definition) is 5. The summed E-state index contributed by atoms with van der Waals surface area (Å²) in [5.41, 5.74) is 0.978. The van der Waals surface area contributed by atoms with Gasteiger partial charge in [0.05, 0.1) is 12.7 Å². The molecule has 1 unspecified atom stereocenters. The van der Waals surface area contributed by atoms with Crippen molar-refractivity contribution < 1.29 is 19.1 Å². The van der Waals surface area contributed by atoms with E-state index in [1.54, 1.807) is 11.0 Å². The van der Waals surface area contributed by atoms with E-state index in [0.717, 1.165) is 16.6 Å². The maximum Gasteiger partial charge on any atom is 0.410 e. The van der Waals surface area contributed by atoms with E-state index >= 15 is 0 Å². The number of carbonyl (C=O) groups excluding carboxylic acids is 2. The van der Waals surface area contributed by atoms with Gasteiger partial charge in [0.25, 0.3) is 0 Å². The number of benzene rings is 1. The van der Waals surface area contributed by atoms with Gasteiger partial charge in [-0.15, -0.1) is 0 Å². The summed E-state index contributed by atoms with van der Waals surface area (Å²) in [5, 5.41) is 0. The van der Waals surface area contributed by atoms with E-state index in [1.807, 2.05) is 32.9 Å². The zero-order valence-corrected chi connectivity index (χ0v) is 17.6. The first-order chi connectivity index (χ1) is 12.1. The van der Waals surface area contributed by atoms with Crippen molar-refractivity contribution in [1.82, 2.24) is 9.80 Å². The molecule has 0 N–H and O–H groups in total. The number of amides is 1. The van der Waals surface area contributed by atoms with E-state index < -0.39 is 5.60 Å². The predicted octanol–water partition coefficient (Wildman–Crippen LogP) is 3.68. The number of methoxy groups -OCH3 is 1. The van der Waals surface area contributed by atoms with Gasteiger partial charge in [0, 0.05) is 36.7 Å². The normalized spacial score (nSPS) is 18.5. The molecule has 1 aliphatic rings. The van der Waals surface area contributed by atoms with Crippen LogP contribution in [-0.4, -0.2) is 60.2 Å².